The Labute approximate surface area is 94.4 Å². The molecule has 84 valence electrons. The van der Waals surface area contributed by atoms with Gasteiger partial charge in [0.25, 0.3) is 0 Å². The second-order valence-electron chi connectivity index (χ2n) is 4.55. The van der Waals surface area contributed by atoms with E-state index in [0.29, 0.717) is 0 Å². The molecule has 2 aliphatic rings. The zero-order valence-electron chi connectivity index (χ0n) is 9.24. The van der Waals surface area contributed by atoms with Gasteiger partial charge in [-0.25, -0.2) is 0 Å². The molecule has 0 aliphatic heterocycles. The maximum absolute atomic E-state index is 9.08. The molecule has 1 N–H and O–H groups in total. The highest BCUT2D eigenvalue weighted by atomic mass is 16.4. The second-order valence-corrected chi connectivity index (χ2v) is 4.55. The third-order valence-corrected chi connectivity index (χ3v) is 3.56. The van der Waals surface area contributed by atoms with Crippen molar-refractivity contribution < 1.29 is 5.21 Å². The fourth-order valence-electron chi connectivity index (χ4n) is 2.78. The van der Waals surface area contributed by atoms with Gasteiger partial charge in [-0.05, 0) is 50.5 Å². The van der Waals surface area contributed by atoms with Gasteiger partial charge in [0.15, 0.2) is 0 Å². The van der Waals surface area contributed by atoms with E-state index in [2.05, 4.69) is 15.4 Å². The molecule has 4 heteroatoms. The largest absolute Gasteiger partial charge is 0.411 e. The second kappa shape index (κ2) is 3.85. The van der Waals surface area contributed by atoms with Crippen molar-refractivity contribution in [2.24, 2.45) is 5.16 Å². The van der Waals surface area contributed by atoms with Crippen LogP contribution in [0.2, 0.25) is 0 Å². The van der Waals surface area contributed by atoms with E-state index in [0.717, 1.165) is 54.8 Å². The topological polar surface area (TPSA) is 58.4 Å². The molecule has 3 rings (SSSR count). The summed E-state index contributed by atoms with van der Waals surface area (Å²) in [5.41, 5.74) is 5.37. The fraction of sp³-hybridized carbons (Fsp3) is 0.583. The van der Waals surface area contributed by atoms with Crippen molar-refractivity contribution in [3.63, 3.8) is 0 Å². The highest BCUT2D eigenvalue weighted by Gasteiger charge is 2.25. The molecule has 1 aromatic rings. The summed E-state index contributed by atoms with van der Waals surface area (Å²) < 4.78 is 0. The van der Waals surface area contributed by atoms with E-state index in [4.69, 9.17) is 5.21 Å². The minimum Gasteiger partial charge on any atom is -0.411 e. The quantitative estimate of drug-likeness (QED) is 0.533. The number of fused-ring (bicyclic) bond motifs is 3. The van der Waals surface area contributed by atoms with Crippen molar-refractivity contribution in [2.45, 2.75) is 44.9 Å². The highest BCUT2D eigenvalue weighted by molar-refractivity contribution is 6.03. The first-order valence-corrected chi connectivity index (χ1v) is 5.99. The molecule has 4 nitrogen and oxygen atoms in total. The average molecular weight is 217 g/mol. The molecule has 0 bridgehead atoms. The van der Waals surface area contributed by atoms with Crippen LogP contribution in [-0.4, -0.2) is 21.1 Å². The Kier molecular flexibility index (Phi) is 2.35. The van der Waals surface area contributed by atoms with Crippen LogP contribution in [0.1, 0.15) is 48.2 Å². The normalized spacial score (nSPS) is 21.6. The number of rotatable bonds is 0. The molecule has 0 unspecified atom stereocenters. The lowest BCUT2D eigenvalue weighted by Crippen LogP contribution is -2.21. The third-order valence-electron chi connectivity index (χ3n) is 3.56. The van der Waals surface area contributed by atoms with Gasteiger partial charge in [0, 0.05) is 5.56 Å². The molecular weight excluding hydrogens is 202 g/mol. The molecule has 16 heavy (non-hydrogen) atoms. The van der Waals surface area contributed by atoms with Crippen LogP contribution in [0.25, 0.3) is 0 Å². The number of oxime groups is 1. The van der Waals surface area contributed by atoms with Crippen LogP contribution in [0.3, 0.4) is 0 Å². The molecule has 2 aliphatic carbocycles. The Balaban J connectivity index is 2.20. The van der Waals surface area contributed by atoms with E-state index in [9.17, 15) is 0 Å². The summed E-state index contributed by atoms with van der Waals surface area (Å²) in [6.45, 7) is 0. The van der Waals surface area contributed by atoms with Gasteiger partial charge in [0.05, 0.1) is 17.1 Å². The van der Waals surface area contributed by atoms with Gasteiger partial charge in [-0.2, -0.15) is 10.2 Å². The summed E-state index contributed by atoms with van der Waals surface area (Å²) >= 11 is 0. The number of hydrogen-bond acceptors (Lipinski definition) is 4. The summed E-state index contributed by atoms with van der Waals surface area (Å²) in [4.78, 5) is 0. The molecule has 0 atom stereocenters. The summed E-state index contributed by atoms with van der Waals surface area (Å²) in [6, 6.07) is 0. The van der Waals surface area contributed by atoms with Gasteiger partial charge in [0.1, 0.15) is 0 Å². The molecule has 1 aromatic heterocycles. The molecule has 0 amide bonds. The van der Waals surface area contributed by atoms with E-state index >= 15 is 0 Å². The number of aromatic nitrogens is 2. The van der Waals surface area contributed by atoms with Gasteiger partial charge < -0.3 is 5.21 Å². The Bertz CT molecular complexity index is 454. The van der Waals surface area contributed by atoms with Crippen LogP contribution in [0.4, 0.5) is 0 Å². The smallest absolute Gasteiger partial charge is 0.0890 e. The number of aryl methyl sites for hydroxylation is 2. The zero-order valence-corrected chi connectivity index (χ0v) is 9.24. The van der Waals surface area contributed by atoms with Gasteiger partial charge in [-0.1, -0.05) is 5.16 Å². The summed E-state index contributed by atoms with van der Waals surface area (Å²) in [5, 5.41) is 21.1. The van der Waals surface area contributed by atoms with E-state index in [1.54, 1.807) is 0 Å². The lowest BCUT2D eigenvalue weighted by atomic mass is 9.85. The third kappa shape index (κ3) is 1.40. The minimum atomic E-state index is 0.814. The molecule has 1 heterocycles. The van der Waals surface area contributed by atoms with Crippen LogP contribution in [0, 0.1) is 0 Å². The van der Waals surface area contributed by atoms with Crippen LogP contribution >= 0.6 is 0 Å². The Hall–Kier alpha value is -1.45. The average Bonchev–Trinajstić information content (AvgIpc) is 2.37. The number of hydrogen-bond donors (Lipinski definition) is 1. The Morgan fingerprint density at radius 1 is 0.875 bits per heavy atom. The summed E-state index contributed by atoms with van der Waals surface area (Å²) in [7, 11) is 0. The van der Waals surface area contributed by atoms with E-state index in [-0.39, 0.29) is 0 Å². The van der Waals surface area contributed by atoms with Gasteiger partial charge in [0.2, 0.25) is 0 Å². The van der Waals surface area contributed by atoms with Crippen LogP contribution in [0.5, 0.6) is 0 Å². The van der Waals surface area contributed by atoms with Crippen LogP contribution in [-0.2, 0) is 19.3 Å². The van der Waals surface area contributed by atoms with Crippen molar-refractivity contribution in [3.05, 3.63) is 22.5 Å². The molecule has 0 fully saturated rings. The van der Waals surface area contributed by atoms with Gasteiger partial charge >= 0.3 is 0 Å². The lowest BCUT2D eigenvalue weighted by molar-refractivity contribution is 0.317. The maximum atomic E-state index is 9.08. The lowest BCUT2D eigenvalue weighted by Gasteiger charge is -2.23. The summed E-state index contributed by atoms with van der Waals surface area (Å²) in [6.07, 6.45) is 7.34. The van der Waals surface area contributed by atoms with Crippen LogP contribution in [0.15, 0.2) is 5.16 Å². The van der Waals surface area contributed by atoms with Crippen molar-refractivity contribution in [1.82, 2.24) is 10.2 Å². The molecule has 0 saturated carbocycles. The first kappa shape index (κ1) is 9.75. The van der Waals surface area contributed by atoms with Gasteiger partial charge in [-0.15, -0.1) is 0 Å². The number of nitrogens with zero attached hydrogens (tertiary/aromatic N) is 3. The first-order chi connectivity index (χ1) is 7.90. The Morgan fingerprint density at radius 3 is 2.50 bits per heavy atom. The molecule has 0 spiro atoms. The fourth-order valence-corrected chi connectivity index (χ4v) is 2.78. The predicted molar refractivity (Wildman–Crippen MR) is 59.9 cm³/mol. The summed E-state index contributed by atoms with van der Waals surface area (Å²) in [5.74, 6) is 0. The molecular formula is C12H15N3O. The van der Waals surface area contributed by atoms with Gasteiger partial charge in [-0.3, -0.25) is 0 Å². The highest BCUT2D eigenvalue weighted by Crippen LogP contribution is 2.29. The SMILES string of the molecule is ON=C1CCCc2nnc3c(c21)CCCC3. The molecule has 0 radical (unpaired) electrons. The van der Waals surface area contributed by atoms with Crippen molar-refractivity contribution in [1.29, 1.82) is 0 Å². The Morgan fingerprint density at radius 2 is 1.62 bits per heavy atom. The van der Waals surface area contributed by atoms with Crippen molar-refractivity contribution in [3.8, 4) is 0 Å². The van der Waals surface area contributed by atoms with Crippen LogP contribution < -0.4 is 0 Å². The maximum Gasteiger partial charge on any atom is 0.0890 e. The molecule has 0 saturated heterocycles. The molecule has 0 aromatic carbocycles. The monoisotopic (exact) mass is 217 g/mol. The van der Waals surface area contributed by atoms with E-state index in [1.807, 2.05) is 0 Å². The van der Waals surface area contributed by atoms with E-state index in [1.165, 1.54) is 18.4 Å². The first-order valence-electron chi connectivity index (χ1n) is 5.99. The zero-order chi connectivity index (χ0) is 11.0. The minimum absolute atomic E-state index is 0.814. The predicted octanol–water partition coefficient (Wildman–Crippen LogP) is 1.87. The van der Waals surface area contributed by atoms with E-state index < -0.39 is 0 Å². The standard InChI is InChI=1S/C12H15N3O/c16-15-11-7-3-6-10-12(11)8-4-1-2-5-9(8)13-14-10/h16H,1-7H2. The van der Waals surface area contributed by atoms with Crippen molar-refractivity contribution >= 4 is 5.71 Å². The van der Waals surface area contributed by atoms with Crippen molar-refractivity contribution in [2.75, 3.05) is 0 Å².